The average molecular weight is 358 g/mol. The number of fused-ring (bicyclic) bond motifs is 1. The Morgan fingerprint density at radius 2 is 1.70 bits per heavy atom. The molecule has 2 aromatic carbocycles. The number of H-pyrrole nitrogens is 2. The molecule has 27 heavy (non-hydrogen) atoms. The Balaban J connectivity index is 1.67. The number of hydrogen-bond acceptors (Lipinski definition) is 4. The van der Waals surface area contributed by atoms with Crippen LogP contribution in [0.25, 0.3) is 17.6 Å². The summed E-state index contributed by atoms with van der Waals surface area (Å²) >= 11 is 0. The molecule has 4 aromatic rings. The molecule has 2 N–H and O–H groups in total. The Kier molecular flexibility index (Phi) is 3.46. The van der Waals surface area contributed by atoms with Gasteiger partial charge >= 0.3 is 0 Å². The van der Waals surface area contributed by atoms with E-state index in [4.69, 9.17) is 0 Å². The molecule has 0 radical (unpaired) electrons. The maximum atomic E-state index is 13.5. The highest BCUT2D eigenvalue weighted by molar-refractivity contribution is 5.73. The normalized spacial score (nSPS) is 18.4. The molecule has 0 saturated carbocycles. The summed E-state index contributed by atoms with van der Waals surface area (Å²) in [6.07, 6.45) is 4.85. The van der Waals surface area contributed by atoms with Crippen LogP contribution in [0.5, 0.6) is 0 Å². The molecule has 1 atom stereocenters. The number of tetrazole rings is 1. The first kappa shape index (κ1) is 15.6. The van der Waals surface area contributed by atoms with Crippen LogP contribution >= 0.6 is 0 Å². The fraction of sp³-hybridized carbons (Fsp3) is 0.100. The molecule has 0 bridgehead atoms. The lowest BCUT2D eigenvalue weighted by Gasteiger charge is -2.34. The van der Waals surface area contributed by atoms with Crippen molar-refractivity contribution in [3.63, 3.8) is 0 Å². The van der Waals surface area contributed by atoms with Crippen molar-refractivity contribution in [2.75, 3.05) is 0 Å². The Labute approximate surface area is 154 Å². The minimum Gasteiger partial charge on any atom is -0.281 e. The summed E-state index contributed by atoms with van der Waals surface area (Å²) in [5, 5.41) is 21.6. The Morgan fingerprint density at radius 1 is 0.926 bits per heavy atom. The van der Waals surface area contributed by atoms with Gasteiger partial charge in [-0.05, 0) is 28.5 Å². The van der Waals surface area contributed by atoms with Gasteiger partial charge in [0.15, 0.2) is 0 Å². The highest BCUT2D eigenvalue weighted by Crippen LogP contribution is 2.42. The van der Waals surface area contributed by atoms with Crippen LogP contribution in [0.3, 0.4) is 0 Å². The molecule has 7 heteroatoms. The monoisotopic (exact) mass is 358 g/mol. The number of nitrogens with zero attached hydrogens (tertiary/aromatic N) is 4. The van der Waals surface area contributed by atoms with Crippen molar-refractivity contribution < 1.29 is 4.39 Å². The predicted octanol–water partition coefficient (Wildman–Crippen LogP) is 3.28. The Bertz CT molecular complexity index is 1100. The smallest absolute Gasteiger partial charge is 0.225 e. The zero-order valence-corrected chi connectivity index (χ0v) is 14.2. The fourth-order valence-corrected chi connectivity index (χ4v) is 3.74. The average Bonchev–Trinajstić information content (AvgIpc) is 3.38. The third kappa shape index (κ3) is 2.47. The van der Waals surface area contributed by atoms with Crippen molar-refractivity contribution in [3.8, 4) is 11.5 Å². The SMILES string of the molecule is Fc1ccc(C2(c3ccccc3)C=Cc3c(-c4nn[nH]n4)n[nH]c3C2)cc1. The molecular weight excluding hydrogens is 343 g/mol. The van der Waals surface area contributed by atoms with Crippen molar-refractivity contribution >= 4 is 6.08 Å². The third-order valence-electron chi connectivity index (χ3n) is 5.08. The molecule has 2 aromatic heterocycles. The maximum absolute atomic E-state index is 13.5. The number of aromatic amines is 2. The van der Waals surface area contributed by atoms with Crippen molar-refractivity contribution in [2.45, 2.75) is 11.8 Å². The molecule has 0 aliphatic heterocycles. The topological polar surface area (TPSA) is 83.1 Å². The van der Waals surface area contributed by atoms with Crippen LogP contribution in [0.2, 0.25) is 0 Å². The van der Waals surface area contributed by atoms with E-state index in [1.807, 2.05) is 36.4 Å². The van der Waals surface area contributed by atoms with Gasteiger partial charge < -0.3 is 0 Å². The summed E-state index contributed by atoms with van der Waals surface area (Å²) in [6.45, 7) is 0. The molecule has 1 aliphatic carbocycles. The second kappa shape index (κ2) is 5.98. The molecule has 132 valence electrons. The van der Waals surface area contributed by atoms with E-state index in [-0.39, 0.29) is 5.82 Å². The number of nitrogens with one attached hydrogen (secondary N) is 2. The van der Waals surface area contributed by atoms with E-state index >= 15 is 0 Å². The van der Waals surface area contributed by atoms with Gasteiger partial charge in [-0.25, -0.2) is 4.39 Å². The minimum atomic E-state index is -0.414. The van der Waals surface area contributed by atoms with E-state index < -0.39 is 5.41 Å². The van der Waals surface area contributed by atoms with Gasteiger partial charge in [-0.15, -0.1) is 10.2 Å². The molecule has 0 saturated heterocycles. The first-order valence-electron chi connectivity index (χ1n) is 8.58. The largest absolute Gasteiger partial charge is 0.281 e. The van der Waals surface area contributed by atoms with Crippen LogP contribution in [0.15, 0.2) is 60.7 Å². The summed E-state index contributed by atoms with van der Waals surface area (Å²) in [6, 6.07) is 16.9. The first-order valence-corrected chi connectivity index (χ1v) is 8.58. The highest BCUT2D eigenvalue weighted by atomic mass is 19.1. The number of aromatic nitrogens is 6. The van der Waals surface area contributed by atoms with Gasteiger partial charge in [0.2, 0.25) is 5.82 Å². The lowest BCUT2D eigenvalue weighted by molar-refractivity contribution is 0.606. The number of halogens is 1. The summed E-state index contributed by atoms with van der Waals surface area (Å²) in [4.78, 5) is 0. The van der Waals surface area contributed by atoms with Crippen molar-refractivity contribution in [3.05, 3.63) is 88.9 Å². The van der Waals surface area contributed by atoms with Gasteiger partial charge in [-0.2, -0.15) is 10.3 Å². The molecule has 0 spiro atoms. The molecule has 6 nitrogen and oxygen atoms in total. The molecule has 5 rings (SSSR count). The molecule has 0 amide bonds. The summed E-state index contributed by atoms with van der Waals surface area (Å²) in [7, 11) is 0. The summed E-state index contributed by atoms with van der Waals surface area (Å²) in [5.41, 5.74) is 4.33. The zero-order chi connectivity index (χ0) is 18.3. The van der Waals surface area contributed by atoms with Crippen molar-refractivity contribution in [1.82, 2.24) is 30.8 Å². The van der Waals surface area contributed by atoms with Gasteiger partial charge in [0, 0.05) is 23.1 Å². The van der Waals surface area contributed by atoms with Crippen molar-refractivity contribution in [1.29, 1.82) is 0 Å². The summed E-state index contributed by atoms with van der Waals surface area (Å²) in [5.74, 6) is 0.203. The van der Waals surface area contributed by atoms with Crippen LogP contribution in [0.1, 0.15) is 22.4 Å². The van der Waals surface area contributed by atoms with E-state index in [0.717, 1.165) is 22.4 Å². The molecule has 1 aliphatic rings. The molecular formula is C20H15FN6. The molecule has 2 heterocycles. The van der Waals surface area contributed by atoms with Crippen LogP contribution < -0.4 is 0 Å². The standard InChI is InChI=1S/C20H15FN6/c21-15-8-6-14(7-9-15)20(13-4-2-1-3-5-13)11-10-16-17(12-20)22-23-18(16)19-24-26-27-25-19/h1-11H,12H2,(H,22,23)(H,24,25,26,27). The zero-order valence-electron chi connectivity index (χ0n) is 14.2. The first-order chi connectivity index (χ1) is 13.3. The lowest BCUT2D eigenvalue weighted by atomic mass is 9.68. The number of hydrogen-bond donors (Lipinski definition) is 2. The van der Waals surface area contributed by atoms with Gasteiger partial charge in [-0.1, -0.05) is 54.6 Å². The van der Waals surface area contributed by atoms with E-state index in [0.29, 0.717) is 17.9 Å². The maximum Gasteiger partial charge on any atom is 0.225 e. The number of allylic oxidation sites excluding steroid dienone is 1. The Morgan fingerprint density at radius 3 is 2.44 bits per heavy atom. The quantitative estimate of drug-likeness (QED) is 0.589. The second-order valence-corrected chi connectivity index (χ2v) is 6.55. The van der Waals surface area contributed by atoms with Crippen molar-refractivity contribution in [2.24, 2.45) is 0 Å². The van der Waals surface area contributed by atoms with E-state index in [9.17, 15) is 4.39 Å². The number of benzene rings is 2. The number of rotatable bonds is 3. The van der Waals surface area contributed by atoms with Gasteiger partial charge in [0.1, 0.15) is 11.5 Å². The predicted molar refractivity (Wildman–Crippen MR) is 98.1 cm³/mol. The Hall–Kier alpha value is -3.61. The van der Waals surface area contributed by atoms with Crippen LogP contribution in [-0.4, -0.2) is 30.8 Å². The molecule has 1 unspecified atom stereocenters. The van der Waals surface area contributed by atoms with Crippen LogP contribution in [0, 0.1) is 5.82 Å². The molecule has 0 fully saturated rings. The minimum absolute atomic E-state index is 0.247. The van der Waals surface area contributed by atoms with E-state index in [2.05, 4.69) is 49.0 Å². The van der Waals surface area contributed by atoms with Crippen LogP contribution in [-0.2, 0) is 11.8 Å². The van der Waals surface area contributed by atoms with Gasteiger partial charge in [0.25, 0.3) is 0 Å². The van der Waals surface area contributed by atoms with Gasteiger partial charge in [0.05, 0.1) is 0 Å². The highest BCUT2D eigenvalue weighted by Gasteiger charge is 2.36. The lowest BCUT2D eigenvalue weighted by Crippen LogP contribution is -2.30. The van der Waals surface area contributed by atoms with E-state index in [1.54, 1.807) is 0 Å². The van der Waals surface area contributed by atoms with E-state index in [1.165, 1.54) is 12.1 Å². The van der Waals surface area contributed by atoms with Gasteiger partial charge in [-0.3, -0.25) is 5.10 Å². The third-order valence-corrected chi connectivity index (χ3v) is 5.08. The fourth-order valence-electron chi connectivity index (χ4n) is 3.74. The summed E-state index contributed by atoms with van der Waals surface area (Å²) < 4.78 is 13.5. The second-order valence-electron chi connectivity index (χ2n) is 6.55. The van der Waals surface area contributed by atoms with Crippen LogP contribution in [0.4, 0.5) is 4.39 Å².